The number of anilines is 2. The lowest BCUT2D eigenvalue weighted by atomic mass is 10.1. The summed E-state index contributed by atoms with van der Waals surface area (Å²) in [5, 5.41) is 8.55. The fourth-order valence-corrected chi connectivity index (χ4v) is 4.55. The highest BCUT2D eigenvalue weighted by Crippen LogP contribution is 2.23. The Morgan fingerprint density at radius 3 is 2.17 bits per heavy atom. The summed E-state index contributed by atoms with van der Waals surface area (Å²) in [6, 6.07) is 29.5. The number of amides is 3. The van der Waals surface area contributed by atoms with E-state index in [1.165, 1.54) is 17.3 Å². The minimum atomic E-state index is -0.459. The van der Waals surface area contributed by atoms with Gasteiger partial charge >= 0.3 is 0 Å². The molecule has 0 radical (unpaired) electrons. The first-order valence-electron chi connectivity index (χ1n) is 12.8. The highest BCUT2D eigenvalue weighted by molar-refractivity contribution is 8.00. The Labute approximate surface area is 238 Å². The van der Waals surface area contributed by atoms with Gasteiger partial charge in [0.1, 0.15) is 5.70 Å². The van der Waals surface area contributed by atoms with E-state index < -0.39 is 5.91 Å². The molecule has 0 heterocycles. The molecule has 0 fully saturated rings. The van der Waals surface area contributed by atoms with Gasteiger partial charge in [-0.1, -0.05) is 60.2 Å². The second-order valence-electron chi connectivity index (χ2n) is 9.41. The predicted molar refractivity (Wildman–Crippen MR) is 163 cm³/mol. The summed E-state index contributed by atoms with van der Waals surface area (Å²) in [4.78, 5) is 39.5. The van der Waals surface area contributed by atoms with Gasteiger partial charge < -0.3 is 16.0 Å². The Morgan fingerprint density at radius 2 is 1.45 bits per heavy atom. The van der Waals surface area contributed by atoms with Crippen LogP contribution in [0.1, 0.15) is 32.6 Å². The molecule has 4 rings (SSSR count). The molecule has 0 aromatic heterocycles. The molecule has 0 bridgehead atoms. The summed E-state index contributed by atoms with van der Waals surface area (Å²) in [6.45, 7) is 6.02. The number of carbonyl (C=O) groups is 3. The third-order valence-corrected chi connectivity index (χ3v) is 7.16. The van der Waals surface area contributed by atoms with E-state index in [0.717, 1.165) is 27.3 Å². The van der Waals surface area contributed by atoms with Crippen molar-refractivity contribution >= 4 is 46.9 Å². The van der Waals surface area contributed by atoms with Crippen LogP contribution in [0, 0.1) is 20.8 Å². The Kier molecular flexibility index (Phi) is 9.54. The van der Waals surface area contributed by atoms with Crippen LogP contribution in [0.15, 0.2) is 108 Å². The monoisotopic (exact) mass is 549 g/mol. The van der Waals surface area contributed by atoms with Gasteiger partial charge in [0.05, 0.1) is 5.75 Å². The van der Waals surface area contributed by atoms with E-state index in [1.807, 2.05) is 81.4 Å². The number of benzene rings is 4. The lowest BCUT2D eigenvalue weighted by Crippen LogP contribution is -2.30. The largest absolute Gasteiger partial charge is 0.325 e. The van der Waals surface area contributed by atoms with Crippen LogP contribution in [0.2, 0.25) is 0 Å². The van der Waals surface area contributed by atoms with Gasteiger partial charge in [0.15, 0.2) is 0 Å². The van der Waals surface area contributed by atoms with Gasteiger partial charge in [-0.2, -0.15) is 0 Å². The van der Waals surface area contributed by atoms with Gasteiger partial charge in [-0.25, -0.2) is 0 Å². The maximum atomic E-state index is 13.3. The van der Waals surface area contributed by atoms with Gasteiger partial charge in [0.25, 0.3) is 11.8 Å². The molecule has 0 saturated heterocycles. The minimum Gasteiger partial charge on any atom is -0.325 e. The lowest BCUT2D eigenvalue weighted by molar-refractivity contribution is -0.114. The number of hydrogen-bond donors (Lipinski definition) is 3. The van der Waals surface area contributed by atoms with Crippen molar-refractivity contribution in [2.75, 3.05) is 16.4 Å². The van der Waals surface area contributed by atoms with Crippen molar-refractivity contribution in [2.24, 2.45) is 0 Å². The molecule has 0 aliphatic carbocycles. The highest BCUT2D eigenvalue weighted by Gasteiger charge is 2.15. The number of nitrogens with one attached hydrogen (secondary N) is 3. The molecule has 4 aromatic carbocycles. The van der Waals surface area contributed by atoms with E-state index in [4.69, 9.17) is 0 Å². The zero-order valence-corrected chi connectivity index (χ0v) is 23.5. The van der Waals surface area contributed by atoms with Crippen molar-refractivity contribution in [1.29, 1.82) is 0 Å². The fraction of sp³-hybridized carbons (Fsp3) is 0.121. The second kappa shape index (κ2) is 13.4. The predicted octanol–water partition coefficient (Wildman–Crippen LogP) is 6.75. The van der Waals surface area contributed by atoms with Crippen LogP contribution in [0.3, 0.4) is 0 Å². The first kappa shape index (κ1) is 28.4. The van der Waals surface area contributed by atoms with Crippen molar-refractivity contribution < 1.29 is 14.4 Å². The molecule has 3 N–H and O–H groups in total. The molecule has 40 heavy (non-hydrogen) atoms. The van der Waals surface area contributed by atoms with Crippen molar-refractivity contribution in [2.45, 2.75) is 25.7 Å². The smallest absolute Gasteiger partial charge is 0.272 e. The molecule has 0 aliphatic rings. The minimum absolute atomic E-state index is 0.114. The molecule has 6 nitrogen and oxygen atoms in total. The molecular formula is C33H31N3O3S. The van der Waals surface area contributed by atoms with Crippen LogP contribution in [0.4, 0.5) is 11.4 Å². The van der Waals surface area contributed by atoms with Gasteiger partial charge in [0.2, 0.25) is 5.91 Å². The van der Waals surface area contributed by atoms with Crippen LogP contribution in [0.5, 0.6) is 0 Å². The maximum Gasteiger partial charge on any atom is 0.272 e. The molecule has 3 amide bonds. The van der Waals surface area contributed by atoms with E-state index in [9.17, 15) is 14.4 Å². The number of thioether (sulfide) groups is 1. The molecular weight excluding hydrogens is 518 g/mol. The molecule has 202 valence electrons. The van der Waals surface area contributed by atoms with Crippen molar-refractivity contribution in [3.63, 3.8) is 0 Å². The molecule has 7 heteroatoms. The van der Waals surface area contributed by atoms with Gasteiger partial charge in [0, 0.05) is 21.8 Å². The van der Waals surface area contributed by atoms with Crippen LogP contribution >= 0.6 is 11.8 Å². The topological polar surface area (TPSA) is 87.3 Å². The lowest BCUT2D eigenvalue weighted by Gasteiger charge is -2.12. The molecule has 0 unspecified atom stereocenters. The Balaban J connectivity index is 1.44. The van der Waals surface area contributed by atoms with Gasteiger partial charge in [-0.05, 0) is 86.0 Å². The zero-order chi connectivity index (χ0) is 28.5. The summed E-state index contributed by atoms with van der Waals surface area (Å²) in [5.41, 5.74) is 6.03. The summed E-state index contributed by atoms with van der Waals surface area (Å²) in [7, 11) is 0. The third kappa shape index (κ3) is 8.19. The van der Waals surface area contributed by atoms with Crippen molar-refractivity contribution in [1.82, 2.24) is 5.32 Å². The SMILES string of the molecule is Cc1ccc(/C=C(\NC(=O)c2ccccc2)C(=O)Nc2cccc(SCC(=O)Nc3ccc(C)c(C)c3)c2)cc1. The third-order valence-electron chi connectivity index (χ3n) is 6.17. The maximum absolute atomic E-state index is 13.3. The molecule has 4 aromatic rings. The zero-order valence-electron chi connectivity index (χ0n) is 22.7. The average Bonchev–Trinajstić information content (AvgIpc) is 2.95. The first-order valence-corrected chi connectivity index (χ1v) is 13.8. The fourth-order valence-electron chi connectivity index (χ4n) is 3.80. The van der Waals surface area contributed by atoms with Crippen LogP contribution in [0.25, 0.3) is 6.08 Å². The van der Waals surface area contributed by atoms with E-state index in [0.29, 0.717) is 11.3 Å². The quantitative estimate of drug-likeness (QED) is 0.159. The van der Waals surface area contributed by atoms with Crippen LogP contribution in [-0.4, -0.2) is 23.5 Å². The van der Waals surface area contributed by atoms with Crippen molar-refractivity contribution in [3.05, 3.63) is 131 Å². The highest BCUT2D eigenvalue weighted by atomic mass is 32.2. The molecule has 0 saturated carbocycles. The Bertz CT molecular complexity index is 1550. The second-order valence-corrected chi connectivity index (χ2v) is 10.5. The summed E-state index contributed by atoms with van der Waals surface area (Å²) < 4.78 is 0. The first-order chi connectivity index (χ1) is 19.3. The summed E-state index contributed by atoms with van der Waals surface area (Å²) in [6.07, 6.45) is 1.64. The van der Waals surface area contributed by atoms with Gasteiger partial charge in [-0.15, -0.1) is 11.8 Å². The normalized spacial score (nSPS) is 11.0. The van der Waals surface area contributed by atoms with E-state index >= 15 is 0 Å². The number of rotatable bonds is 9. The molecule has 0 atom stereocenters. The van der Waals surface area contributed by atoms with Crippen LogP contribution < -0.4 is 16.0 Å². The molecule has 0 aliphatic heterocycles. The summed E-state index contributed by atoms with van der Waals surface area (Å²) >= 11 is 1.37. The Hall–Kier alpha value is -4.62. The number of carbonyl (C=O) groups excluding carboxylic acids is 3. The number of aryl methyl sites for hydroxylation is 3. The molecule has 0 spiro atoms. The van der Waals surface area contributed by atoms with E-state index in [1.54, 1.807) is 42.5 Å². The standard InChI is InChI=1S/C33H31N3O3S/c1-22-12-15-25(16-13-22)19-30(36-32(38)26-8-5-4-6-9-26)33(39)35-27-10-7-11-29(20-27)40-21-31(37)34-28-17-14-23(2)24(3)18-28/h4-20H,21H2,1-3H3,(H,34,37)(H,35,39)(H,36,38)/b30-19-. The van der Waals surface area contributed by atoms with E-state index in [-0.39, 0.29) is 23.3 Å². The summed E-state index contributed by atoms with van der Waals surface area (Å²) in [5.74, 6) is -0.738. The number of hydrogen-bond acceptors (Lipinski definition) is 4. The average molecular weight is 550 g/mol. The van der Waals surface area contributed by atoms with Gasteiger partial charge in [-0.3, -0.25) is 14.4 Å². The van der Waals surface area contributed by atoms with E-state index in [2.05, 4.69) is 16.0 Å². The Morgan fingerprint density at radius 1 is 0.725 bits per heavy atom. The van der Waals surface area contributed by atoms with Crippen molar-refractivity contribution in [3.8, 4) is 0 Å². The van der Waals surface area contributed by atoms with Crippen LogP contribution in [-0.2, 0) is 9.59 Å².